The van der Waals surface area contributed by atoms with Crippen LogP contribution in [0.3, 0.4) is 0 Å². The molecule has 0 saturated carbocycles. The number of thiocarbonyl (C=S) groups is 1. The van der Waals surface area contributed by atoms with Crippen molar-refractivity contribution in [3.8, 4) is 0 Å². The Bertz CT molecular complexity index is 461. The van der Waals surface area contributed by atoms with Gasteiger partial charge in [-0.2, -0.15) is 0 Å². The van der Waals surface area contributed by atoms with E-state index >= 15 is 0 Å². The molecule has 1 fully saturated rings. The Hall–Kier alpha value is -1.24. The van der Waals surface area contributed by atoms with E-state index in [1.807, 2.05) is 0 Å². The molecule has 3 N–H and O–H groups in total. The molecule has 1 aliphatic rings. The first-order valence-corrected chi connectivity index (χ1v) is 6.70. The second kappa shape index (κ2) is 6.27. The van der Waals surface area contributed by atoms with Gasteiger partial charge in [0.15, 0.2) is 0 Å². The maximum Gasteiger partial charge on any atom is 0.124 e. The summed E-state index contributed by atoms with van der Waals surface area (Å²) in [5.41, 5.74) is 7.13. The quantitative estimate of drug-likeness (QED) is 0.792. The molecule has 6 heteroatoms. The smallest absolute Gasteiger partial charge is 0.124 e. The standard InChI is InChI=1S/C13H18FN3OS/c14-10-1-2-12(11(9-10)13(15)19)17-5-3-16(4-6-17)7-8-18/h1-2,9,18H,3-8H2,(H2,15,19). The lowest BCUT2D eigenvalue weighted by Gasteiger charge is -2.36. The highest BCUT2D eigenvalue weighted by Gasteiger charge is 2.19. The number of nitrogens with zero attached hydrogens (tertiary/aromatic N) is 2. The number of rotatable bonds is 4. The maximum absolute atomic E-state index is 13.3. The highest BCUT2D eigenvalue weighted by Crippen LogP contribution is 2.23. The predicted octanol–water partition coefficient (Wildman–Crippen LogP) is 0.574. The van der Waals surface area contributed by atoms with Gasteiger partial charge in [-0.1, -0.05) is 12.2 Å². The van der Waals surface area contributed by atoms with Gasteiger partial charge in [-0.3, -0.25) is 4.90 Å². The van der Waals surface area contributed by atoms with Crippen molar-refractivity contribution in [2.45, 2.75) is 0 Å². The van der Waals surface area contributed by atoms with Crippen molar-refractivity contribution in [3.63, 3.8) is 0 Å². The lowest BCUT2D eigenvalue weighted by molar-refractivity contribution is 0.189. The lowest BCUT2D eigenvalue weighted by atomic mass is 10.1. The van der Waals surface area contributed by atoms with E-state index in [0.717, 1.165) is 31.9 Å². The molecule has 104 valence electrons. The summed E-state index contributed by atoms with van der Waals surface area (Å²) in [6, 6.07) is 4.54. The van der Waals surface area contributed by atoms with E-state index in [0.29, 0.717) is 12.1 Å². The summed E-state index contributed by atoms with van der Waals surface area (Å²) < 4.78 is 13.3. The molecule has 1 aliphatic heterocycles. The number of hydrogen-bond donors (Lipinski definition) is 2. The van der Waals surface area contributed by atoms with Crippen LogP contribution in [0, 0.1) is 5.82 Å². The molecule has 0 bridgehead atoms. The van der Waals surface area contributed by atoms with Gasteiger partial charge in [-0.15, -0.1) is 0 Å². The molecule has 19 heavy (non-hydrogen) atoms. The van der Waals surface area contributed by atoms with Crippen molar-refractivity contribution in [1.29, 1.82) is 0 Å². The number of piperazine rings is 1. The van der Waals surface area contributed by atoms with Crippen LogP contribution < -0.4 is 10.6 Å². The second-order valence-corrected chi connectivity index (χ2v) is 5.02. The van der Waals surface area contributed by atoms with Crippen molar-refractivity contribution in [3.05, 3.63) is 29.6 Å². The first-order valence-electron chi connectivity index (χ1n) is 6.29. The average molecular weight is 283 g/mol. The number of aliphatic hydroxyl groups excluding tert-OH is 1. The highest BCUT2D eigenvalue weighted by atomic mass is 32.1. The molecule has 2 rings (SSSR count). The molecule has 0 radical (unpaired) electrons. The molecule has 1 aromatic carbocycles. The second-order valence-electron chi connectivity index (χ2n) is 4.58. The van der Waals surface area contributed by atoms with Crippen LogP contribution in [0.2, 0.25) is 0 Å². The van der Waals surface area contributed by atoms with Crippen molar-refractivity contribution in [2.75, 3.05) is 44.2 Å². The molecule has 0 aromatic heterocycles. The van der Waals surface area contributed by atoms with E-state index in [4.69, 9.17) is 23.1 Å². The van der Waals surface area contributed by atoms with E-state index < -0.39 is 0 Å². The molecule has 4 nitrogen and oxygen atoms in total. The van der Waals surface area contributed by atoms with Crippen LogP contribution in [-0.2, 0) is 0 Å². The molecule has 0 unspecified atom stereocenters. The summed E-state index contributed by atoms with van der Waals surface area (Å²) in [5.74, 6) is -0.328. The summed E-state index contributed by atoms with van der Waals surface area (Å²) in [5, 5.41) is 8.92. The minimum atomic E-state index is -0.328. The minimum absolute atomic E-state index is 0.175. The van der Waals surface area contributed by atoms with Gasteiger partial charge in [-0.05, 0) is 18.2 Å². The molecule has 1 aromatic rings. The number of hydrogen-bond acceptors (Lipinski definition) is 4. The van der Waals surface area contributed by atoms with Crippen LogP contribution in [0.25, 0.3) is 0 Å². The molecule has 0 amide bonds. The highest BCUT2D eigenvalue weighted by molar-refractivity contribution is 7.80. The SMILES string of the molecule is NC(=S)c1cc(F)ccc1N1CCN(CCO)CC1. The molecule has 0 spiro atoms. The third-order valence-corrected chi connectivity index (χ3v) is 3.57. The van der Waals surface area contributed by atoms with Crippen molar-refractivity contribution in [2.24, 2.45) is 5.73 Å². The Morgan fingerprint density at radius 1 is 1.32 bits per heavy atom. The van der Waals surface area contributed by atoms with Gasteiger partial charge in [0.1, 0.15) is 10.8 Å². The number of anilines is 1. The van der Waals surface area contributed by atoms with Crippen LogP contribution >= 0.6 is 12.2 Å². The van der Waals surface area contributed by atoms with Crippen LogP contribution in [-0.4, -0.2) is 54.3 Å². The molecule has 1 heterocycles. The third-order valence-electron chi connectivity index (χ3n) is 3.35. The monoisotopic (exact) mass is 283 g/mol. The zero-order valence-electron chi connectivity index (χ0n) is 10.7. The van der Waals surface area contributed by atoms with E-state index in [-0.39, 0.29) is 17.4 Å². The Labute approximate surface area is 117 Å². The Balaban J connectivity index is 2.13. The predicted molar refractivity (Wildman–Crippen MR) is 78.0 cm³/mol. The van der Waals surface area contributed by atoms with Crippen molar-refractivity contribution >= 4 is 22.9 Å². The largest absolute Gasteiger partial charge is 0.395 e. The molecule has 1 saturated heterocycles. The first-order chi connectivity index (χ1) is 9.11. The number of aliphatic hydroxyl groups is 1. The molecular weight excluding hydrogens is 265 g/mol. The van der Waals surface area contributed by atoms with Gasteiger partial charge in [0, 0.05) is 44.0 Å². The number of nitrogens with two attached hydrogens (primary N) is 1. The van der Waals surface area contributed by atoms with E-state index in [1.165, 1.54) is 12.1 Å². The zero-order valence-corrected chi connectivity index (χ0v) is 11.5. The van der Waals surface area contributed by atoms with E-state index in [2.05, 4.69) is 9.80 Å². The maximum atomic E-state index is 13.3. The van der Waals surface area contributed by atoms with Crippen LogP contribution in [0.4, 0.5) is 10.1 Å². The van der Waals surface area contributed by atoms with Gasteiger partial charge >= 0.3 is 0 Å². The van der Waals surface area contributed by atoms with E-state index in [9.17, 15) is 4.39 Å². The zero-order chi connectivity index (χ0) is 13.8. The third kappa shape index (κ3) is 3.40. The fourth-order valence-electron chi connectivity index (χ4n) is 2.34. The van der Waals surface area contributed by atoms with Crippen LogP contribution in [0.15, 0.2) is 18.2 Å². The Morgan fingerprint density at radius 2 is 2.00 bits per heavy atom. The molecular formula is C13H18FN3OS. The molecule has 0 aliphatic carbocycles. The van der Waals surface area contributed by atoms with E-state index in [1.54, 1.807) is 6.07 Å². The fourth-order valence-corrected chi connectivity index (χ4v) is 2.50. The first kappa shape index (κ1) is 14.2. The minimum Gasteiger partial charge on any atom is -0.395 e. The van der Waals surface area contributed by atoms with Crippen molar-refractivity contribution in [1.82, 2.24) is 4.90 Å². The lowest BCUT2D eigenvalue weighted by Crippen LogP contribution is -2.47. The van der Waals surface area contributed by atoms with Crippen LogP contribution in [0.1, 0.15) is 5.56 Å². The van der Waals surface area contributed by atoms with Gasteiger partial charge in [-0.25, -0.2) is 4.39 Å². The van der Waals surface area contributed by atoms with Gasteiger partial charge in [0.05, 0.1) is 6.61 Å². The summed E-state index contributed by atoms with van der Waals surface area (Å²) in [7, 11) is 0. The van der Waals surface area contributed by atoms with Crippen molar-refractivity contribution < 1.29 is 9.50 Å². The molecule has 0 atom stereocenters. The number of β-amino-alcohol motifs (C(OH)–C–C–N with tert-alkyl or cyclic N) is 1. The Kier molecular flexibility index (Phi) is 4.68. The summed E-state index contributed by atoms with van der Waals surface area (Å²) in [6.07, 6.45) is 0. The normalized spacial score (nSPS) is 16.6. The van der Waals surface area contributed by atoms with Gasteiger partial charge in [0.2, 0.25) is 0 Å². The fraction of sp³-hybridized carbons (Fsp3) is 0.462. The average Bonchev–Trinajstić information content (AvgIpc) is 2.40. The topological polar surface area (TPSA) is 52.7 Å². The number of benzene rings is 1. The summed E-state index contributed by atoms with van der Waals surface area (Å²) >= 11 is 4.98. The Morgan fingerprint density at radius 3 is 2.58 bits per heavy atom. The summed E-state index contributed by atoms with van der Waals surface area (Å²) in [6.45, 7) is 4.25. The van der Waals surface area contributed by atoms with Gasteiger partial charge < -0.3 is 15.7 Å². The van der Waals surface area contributed by atoms with Gasteiger partial charge in [0.25, 0.3) is 0 Å². The summed E-state index contributed by atoms with van der Waals surface area (Å²) in [4.78, 5) is 4.56. The number of halogens is 1. The van der Waals surface area contributed by atoms with Crippen LogP contribution in [0.5, 0.6) is 0 Å².